The fraction of sp³-hybridized carbons (Fsp3) is 0.550. The smallest absolute Gasteiger partial charge is 0.314 e. The Morgan fingerprint density at radius 1 is 1.44 bits per heavy atom. The van der Waals surface area contributed by atoms with E-state index < -0.39 is 11.5 Å². The molecule has 25 heavy (non-hydrogen) atoms. The van der Waals surface area contributed by atoms with Crippen molar-refractivity contribution in [1.29, 1.82) is 0 Å². The minimum Gasteiger partial charge on any atom is -0.469 e. The average Bonchev–Trinajstić information content (AvgIpc) is 3.10. The lowest BCUT2D eigenvalue weighted by atomic mass is 9.88. The molecule has 1 aromatic carbocycles. The van der Waals surface area contributed by atoms with E-state index in [4.69, 9.17) is 4.74 Å². The van der Waals surface area contributed by atoms with Gasteiger partial charge in [-0.2, -0.15) is 0 Å². The van der Waals surface area contributed by atoms with E-state index in [1.807, 2.05) is 13.0 Å². The van der Waals surface area contributed by atoms with E-state index in [2.05, 4.69) is 35.4 Å². The molecule has 5 nitrogen and oxygen atoms in total. The summed E-state index contributed by atoms with van der Waals surface area (Å²) >= 11 is 0. The number of benzene rings is 1. The van der Waals surface area contributed by atoms with Gasteiger partial charge in [0, 0.05) is 6.21 Å². The van der Waals surface area contributed by atoms with Crippen LogP contribution in [-0.4, -0.2) is 37.3 Å². The summed E-state index contributed by atoms with van der Waals surface area (Å²) < 4.78 is 4.75. The Kier molecular flexibility index (Phi) is 6.88. The number of nitrogens with one attached hydrogen (secondary N) is 1. The Balaban J connectivity index is 2.07. The van der Waals surface area contributed by atoms with Gasteiger partial charge in [-0.15, -0.1) is 0 Å². The summed E-state index contributed by atoms with van der Waals surface area (Å²) in [5.41, 5.74) is 1.83. The Bertz CT molecular complexity index is 634. The first kappa shape index (κ1) is 19.3. The lowest BCUT2D eigenvalue weighted by Crippen LogP contribution is -2.47. The number of rotatable bonds is 7. The summed E-state index contributed by atoms with van der Waals surface area (Å²) in [6.45, 7) is 4.77. The molecule has 1 saturated heterocycles. The summed E-state index contributed by atoms with van der Waals surface area (Å²) in [5.74, 6) is -1.00. The van der Waals surface area contributed by atoms with Crippen molar-refractivity contribution in [2.75, 3.05) is 13.7 Å². The number of carbonyl (C=O) groups excluding carboxylic acids is 2. The minimum atomic E-state index is -0.616. The molecule has 0 bridgehead atoms. The first-order chi connectivity index (χ1) is 12.0. The number of carbonyl (C=O) groups is 2. The van der Waals surface area contributed by atoms with Gasteiger partial charge < -0.3 is 10.1 Å². The van der Waals surface area contributed by atoms with Gasteiger partial charge in [-0.1, -0.05) is 36.8 Å². The number of aryl methyl sites for hydroxylation is 2. The number of nitrogens with zero attached hydrogens (tertiary/aromatic N) is 1. The van der Waals surface area contributed by atoms with Crippen molar-refractivity contribution in [3.63, 3.8) is 0 Å². The number of amides is 1. The molecule has 2 rings (SSSR count). The quantitative estimate of drug-likeness (QED) is 0.610. The molecule has 136 valence electrons. The molecule has 2 unspecified atom stereocenters. The van der Waals surface area contributed by atoms with Crippen LogP contribution in [0, 0.1) is 12.8 Å². The van der Waals surface area contributed by atoms with Crippen LogP contribution < -0.4 is 5.32 Å². The zero-order valence-electron chi connectivity index (χ0n) is 15.4. The Labute approximate surface area is 149 Å². The second kappa shape index (κ2) is 8.90. The van der Waals surface area contributed by atoms with Crippen LogP contribution >= 0.6 is 0 Å². The summed E-state index contributed by atoms with van der Waals surface area (Å²) in [5, 5.41) is 3.36. The molecule has 0 radical (unpaired) electrons. The number of esters is 1. The van der Waals surface area contributed by atoms with E-state index in [1.165, 1.54) is 24.5 Å². The number of methoxy groups -OCH3 is 1. The molecule has 0 aliphatic carbocycles. The van der Waals surface area contributed by atoms with Crippen LogP contribution in [0.1, 0.15) is 43.7 Å². The average molecular weight is 344 g/mol. The molecule has 1 heterocycles. The van der Waals surface area contributed by atoms with E-state index in [0.29, 0.717) is 12.8 Å². The van der Waals surface area contributed by atoms with Crippen LogP contribution in [0.15, 0.2) is 29.3 Å². The van der Waals surface area contributed by atoms with Crippen molar-refractivity contribution in [3.8, 4) is 0 Å². The number of hydrogen-bond donors (Lipinski definition) is 1. The molecule has 0 aromatic heterocycles. The number of hydrogen-bond acceptors (Lipinski definition) is 4. The molecule has 1 aliphatic heterocycles. The van der Waals surface area contributed by atoms with E-state index in [9.17, 15) is 9.59 Å². The predicted molar refractivity (Wildman–Crippen MR) is 98.8 cm³/mol. The normalized spacial score (nSPS) is 21.4. The highest BCUT2D eigenvalue weighted by Gasteiger charge is 2.40. The van der Waals surface area contributed by atoms with Gasteiger partial charge in [0.05, 0.1) is 13.0 Å². The molecule has 0 saturated carbocycles. The molecule has 5 heteroatoms. The molecule has 1 aliphatic rings. The van der Waals surface area contributed by atoms with Gasteiger partial charge in [0.25, 0.3) is 5.91 Å². The summed E-state index contributed by atoms with van der Waals surface area (Å²) in [6, 6.07) is 8.36. The molecular formula is C20H28N2O3. The van der Waals surface area contributed by atoms with Gasteiger partial charge in [0.1, 0.15) is 5.54 Å². The van der Waals surface area contributed by atoms with Crippen molar-refractivity contribution in [1.82, 2.24) is 5.32 Å². The maximum absolute atomic E-state index is 12.8. The topological polar surface area (TPSA) is 67.8 Å². The van der Waals surface area contributed by atoms with Gasteiger partial charge in [0.15, 0.2) is 0 Å². The van der Waals surface area contributed by atoms with E-state index in [0.717, 1.165) is 25.8 Å². The Morgan fingerprint density at radius 2 is 2.24 bits per heavy atom. The van der Waals surface area contributed by atoms with Crippen molar-refractivity contribution in [3.05, 3.63) is 35.4 Å². The van der Waals surface area contributed by atoms with Crippen LogP contribution in [0.4, 0.5) is 0 Å². The molecule has 1 N–H and O–H groups in total. The highest BCUT2D eigenvalue weighted by atomic mass is 16.5. The van der Waals surface area contributed by atoms with Crippen LogP contribution in [0.25, 0.3) is 0 Å². The first-order valence-corrected chi connectivity index (χ1v) is 8.98. The molecule has 1 aromatic rings. The highest BCUT2D eigenvalue weighted by molar-refractivity contribution is 5.98. The largest absolute Gasteiger partial charge is 0.469 e. The zero-order chi connectivity index (χ0) is 18.3. The molecule has 2 atom stereocenters. The van der Waals surface area contributed by atoms with E-state index in [-0.39, 0.29) is 11.9 Å². The molecule has 0 spiro atoms. The summed E-state index contributed by atoms with van der Waals surface area (Å²) in [6.07, 6.45) is 5.29. The highest BCUT2D eigenvalue weighted by Crippen LogP contribution is 2.27. The zero-order valence-corrected chi connectivity index (χ0v) is 15.4. The van der Waals surface area contributed by atoms with Gasteiger partial charge in [-0.25, -0.2) is 4.99 Å². The minimum absolute atomic E-state index is 0.181. The third-order valence-electron chi connectivity index (χ3n) is 4.89. The molecular weight excluding hydrogens is 316 g/mol. The van der Waals surface area contributed by atoms with Crippen LogP contribution in [-0.2, 0) is 20.7 Å². The summed E-state index contributed by atoms with van der Waals surface area (Å²) in [7, 11) is 1.35. The van der Waals surface area contributed by atoms with Crippen molar-refractivity contribution in [2.24, 2.45) is 10.9 Å². The standard InChI is InChI=1S/C20H28N2O3/c1-4-17(18(23)25-3)14-21-19(24)20(10-6-12-22-20)11-9-16-8-5-7-15(2)13-16/h5,7-8,13-14,17,22H,4,6,9-12H2,1-3H3. The summed E-state index contributed by atoms with van der Waals surface area (Å²) in [4.78, 5) is 28.6. The maximum Gasteiger partial charge on any atom is 0.314 e. The lowest BCUT2D eigenvalue weighted by molar-refractivity contribution is -0.142. The second-order valence-electron chi connectivity index (χ2n) is 6.72. The number of ether oxygens (including phenoxy) is 1. The van der Waals surface area contributed by atoms with Crippen LogP contribution in [0.5, 0.6) is 0 Å². The third kappa shape index (κ3) is 4.98. The van der Waals surface area contributed by atoms with Crippen molar-refractivity contribution >= 4 is 18.1 Å². The van der Waals surface area contributed by atoms with Gasteiger partial charge in [-0.05, 0) is 51.1 Å². The maximum atomic E-state index is 12.8. The van der Waals surface area contributed by atoms with Crippen LogP contribution in [0.2, 0.25) is 0 Å². The number of aliphatic imine (C=N–C) groups is 1. The SMILES string of the molecule is CCC(C=NC(=O)C1(CCc2cccc(C)c2)CCCN1)C(=O)OC. The van der Waals surface area contributed by atoms with Gasteiger partial charge >= 0.3 is 5.97 Å². The molecule has 1 amide bonds. The van der Waals surface area contributed by atoms with Crippen molar-refractivity contribution < 1.29 is 14.3 Å². The Hall–Kier alpha value is -2.01. The monoisotopic (exact) mass is 344 g/mol. The third-order valence-corrected chi connectivity index (χ3v) is 4.89. The fourth-order valence-corrected chi connectivity index (χ4v) is 3.30. The Morgan fingerprint density at radius 3 is 2.84 bits per heavy atom. The van der Waals surface area contributed by atoms with Gasteiger partial charge in [-0.3, -0.25) is 9.59 Å². The predicted octanol–water partition coefficient (Wildman–Crippen LogP) is 2.85. The second-order valence-corrected chi connectivity index (χ2v) is 6.72. The molecule has 1 fully saturated rings. The van der Waals surface area contributed by atoms with E-state index in [1.54, 1.807) is 0 Å². The first-order valence-electron chi connectivity index (χ1n) is 8.98. The van der Waals surface area contributed by atoms with Gasteiger partial charge in [0.2, 0.25) is 0 Å². The fourth-order valence-electron chi connectivity index (χ4n) is 3.30. The lowest BCUT2D eigenvalue weighted by Gasteiger charge is -2.26. The van der Waals surface area contributed by atoms with E-state index >= 15 is 0 Å². The van der Waals surface area contributed by atoms with Crippen LogP contribution in [0.3, 0.4) is 0 Å². The van der Waals surface area contributed by atoms with Crippen molar-refractivity contribution in [2.45, 2.75) is 51.5 Å².